The number of aromatic hydroxyl groups is 5. The molecule has 0 fully saturated rings. The summed E-state index contributed by atoms with van der Waals surface area (Å²) in [6.07, 6.45) is 0. The average Bonchev–Trinajstić information content (AvgIpc) is 3.28. The Hall–Kier alpha value is -8.09. The number of ketones is 1. The molecule has 60 heavy (non-hydrogen) atoms. The number of phenols is 5. The van der Waals surface area contributed by atoms with Gasteiger partial charge in [0.1, 0.15) is 28.7 Å². The second kappa shape index (κ2) is 16.8. The molecule has 0 aliphatic rings. The van der Waals surface area contributed by atoms with Crippen molar-refractivity contribution in [1.29, 1.82) is 0 Å². The third kappa shape index (κ3) is 7.53. The van der Waals surface area contributed by atoms with E-state index < -0.39 is 0 Å². The number of benzene rings is 10. The van der Waals surface area contributed by atoms with Gasteiger partial charge in [0, 0.05) is 38.6 Å². The molecule has 10 aromatic rings. The highest BCUT2D eigenvalue weighted by Crippen LogP contribution is 2.42. The lowest BCUT2D eigenvalue weighted by molar-refractivity contribution is 0.103. The van der Waals surface area contributed by atoms with Gasteiger partial charge >= 0.3 is 0 Å². The van der Waals surface area contributed by atoms with E-state index in [4.69, 9.17) is 0 Å². The van der Waals surface area contributed by atoms with Gasteiger partial charge in [-0.1, -0.05) is 164 Å². The highest BCUT2D eigenvalue weighted by atomic mass is 16.3. The first-order valence-electron chi connectivity index (χ1n) is 19.4. The van der Waals surface area contributed by atoms with E-state index in [9.17, 15) is 30.3 Å². The Labute approximate surface area is 346 Å². The summed E-state index contributed by atoms with van der Waals surface area (Å²) in [6.45, 7) is 1.93. The fourth-order valence-electron chi connectivity index (χ4n) is 7.65. The molecular weight excluding hydrogens is 745 g/mol. The van der Waals surface area contributed by atoms with Gasteiger partial charge in [-0.25, -0.2) is 0 Å². The minimum absolute atomic E-state index is 0.0195. The first-order chi connectivity index (χ1) is 29.2. The Morgan fingerprint density at radius 3 is 1.13 bits per heavy atom. The third-order valence-electron chi connectivity index (χ3n) is 10.7. The van der Waals surface area contributed by atoms with Crippen molar-refractivity contribution in [3.05, 3.63) is 211 Å². The fraction of sp³-hybridized carbons (Fsp3) is 0.0185. The zero-order valence-electron chi connectivity index (χ0n) is 32.6. The SMILES string of the molecule is Cc1ccc2ccccc2c1C(=O)c1c(O)ccc2ccccc12.Oc1c(-c2ccc3ccccc3c2O)ccc2ccccc12.Oc1ccccc1-c1ccccc1O. The van der Waals surface area contributed by atoms with Crippen molar-refractivity contribution in [3.63, 3.8) is 0 Å². The summed E-state index contributed by atoms with van der Waals surface area (Å²) in [6, 6.07) is 59.7. The van der Waals surface area contributed by atoms with Gasteiger partial charge in [-0.15, -0.1) is 0 Å². The van der Waals surface area contributed by atoms with E-state index in [0.29, 0.717) is 33.4 Å². The maximum absolute atomic E-state index is 13.4. The van der Waals surface area contributed by atoms with Crippen LogP contribution < -0.4 is 0 Å². The second-order valence-corrected chi connectivity index (χ2v) is 14.4. The van der Waals surface area contributed by atoms with Crippen LogP contribution in [0.1, 0.15) is 21.5 Å². The molecule has 0 atom stereocenters. The minimum Gasteiger partial charge on any atom is -0.507 e. The van der Waals surface area contributed by atoms with Gasteiger partial charge in [0.25, 0.3) is 0 Å². The van der Waals surface area contributed by atoms with Crippen LogP contribution >= 0.6 is 0 Å². The third-order valence-corrected chi connectivity index (χ3v) is 10.7. The largest absolute Gasteiger partial charge is 0.507 e. The first-order valence-corrected chi connectivity index (χ1v) is 19.4. The monoisotopic (exact) mass is 784 g/mol. The standard InChI is InChI=1S/C22H16O2.C20H14O2.C12H10O2/c1-14-10-11-15-6-2-4-8-17(15)20(14)22(24)21-18-9-5-3-7-16(18)12-13-19(21)23;21-19-15-7-3-1-5-13(15)9-11-17(19)18-12-10-14-6-2-4-8-16(14)20(18)22;13-11-7-3-1-5-9(11)10-6-2-4-8-12(10)14/h2-13,23H,1H3;1-12,21-22H;1-8,13-14H. The molecule has 10 aromatic carbocycles. The molecule has 0 saturated heterocycles. The Balaban J connectivity index is 0.000000129. The number of carbonyl (C=O) groups excluding carboxylic acids is 1. The lowest BCUT2D eigenvalue weighted by Crippen LogP contribution is -2.06. The second-order valence-electron chi connectivity index (χ2n) is 14.4. The van der Waals surface area contributed by atoms with E-state index in [1.165, 1.54) is 0 Å². The normalized spacial score (nSPS) is 10.8. The van der Waals surface area contributed by atoms with Crippen LogP contribution in [0.3, 0.4) is 0 Å². The predicted octanol–water partition coefficient (Wildman–Crippen LogP) is 13.1. The molecule has 0 spiro atoms. The van der Waals surface area contributed by atoms with Crippen LogP contribution in [0.4, 0.5) is 0 Å². The Bertz CT molecular complexity index is 2990. The van der Waals surface area contributed by atoms with Gasteiger partial charge in [0.2, 0.25) is 0 Å². The maximum atomic E-state index is 13.4. The van der Waals surface area contributed by atoms with Crippen LogP contribution in [-0.4, -0.2) is 31.3 Å². The van der Waals surface area contributed by atoms with Crippen molar-refractivity contribution in [2.75, 3.05) is 0 Å². The highest BCUT2D eigenvalue weighted by Gasteiger charge is 2.21. The smallest absolute Gasteiger partial charge is 0.198 e. The molecule has 0 amide bonds. The lowest BCUT2D eigenvalue weighted by atomic mass is 9.90. The molecule has 0 heterocycles. The quantitative estimate of drug-likeness (QED) is 0.113. The molecule has 0 aromatic heterocycles. The van der Waals surface area contributed by atoms with Gasteiger partial charge in [-0.05, 0) is 75.1 Å². The molecule has 292 valence electrons. The van der Waals surface area contributed by atoms with Crippen LogP contribution in [0.5, 0.6) is 28.7 Å². The van der Waals surface area contributed by atoms with Crippen LogP contribution in [0.25, 0.3) is 65.3 Å². The molecule has 0 radical (unpaired) electrons. The summed E-state index contributed by atoms with van der Waals surface area (Å²) < 4.78 is 0. The zero-order valence-corrected chi connectivity index (χ0v) is 32.6. The summed E-state index contributed by atoms with van der Waals surface area (Å²) in [4.78, 5) is 13.4. The number of hydrogen-bond acceptors (Lipinski definition) is 6. The molecule has 6 nitrogen and oxygen atoms in total. The summed E-state index contributed by atoms with van der Waals surface area (Å²) in [7, 11) is 0. The van der Waals surface area contributed by atoms with Crippen molar-refractivity contribution < 1.29 is 30.3 Å². The van der Waals surface area contributed by atoms with E-state index in [-0.39, 0.29) is 34.5 Å². The summed E-state index contributed by atoms with van der Waals surface area (Å²) in [5, 5.41) is 57.9. The van der Waals surface area contributed by atoms with Crippen molar-refractivity contribution in [3.8, 4) is 51.0 Å². The molecule has 0 unspecified atom stereocenters. The Morgan fingerprint density at radius 1 is 0.317 bits per heavy atom. The lowest BCUT2D eigenvalue weighted by Gasteiger charge is -2.13. The number of hydrogen-bond donors (Lipinski definition) is 5. The predicted molar refractivity (Wildman–Crippen MR) is 243 cm³/mol. The minimum atomic E-state index is -0.140. The van der Waals surface area contributed by atoms with Gasteiger partial charge in [0.05, 0.1) is 5.56 Å². The van der Waals surface area contributed by atoms with Gasteiger partial charge in [-0.2, -0.15) is 0 Å². The maximum Gasteiger partial charge on any atom is 0.198 e. The molecular formula is C54H40O6. The van der Waals surface area contributed by atoms with Gasteiger partial charge < -0.3 is 25.5 Å². The van der Waals surface area contributed by atoms with Crippen LogP contribution in [-0.2, 0) is 0 Å². The van der Waals surface area contributed by atoms with E-state index in [2.05, 4.69) is 0 Å². The van der Waals surface area contributed by atoms with Crippen molar-refractivity contribution >= 4 is 48.9 Å². The Kier molecular flexibility index (Phi) is 10.8. The molecule has 0 bridgehead atoms. The van der Waals surface area contributed by atoms with Crippen LogP contribution in [0.15, 0.2) is 194 Å². The molecule has 0 aliphatic heterocycles. The number of rotatable bonds is 4. The van der Waals surface area contributed by atoms with Crippen molar-refractivity contribution in [2.45, 2.75) is 6.92 Å². The molecule has 10 rings (SSSR count). The fourth-order valence-corrected chi connectivity index (χ4v) is 7.65. The number of phenolic OH excluding ortho intramolecular Hbond substituents is 5. The van der Waals surface area contributed by atoms with E-state index in [1.807, 2.05) is 159 Å². The van der Waals surface area contributed by atoms with Crippen LogP contribution in [0, 0.1) is 6.92 Å². The Morgan fingerprint density at radius 2 is 0.667 bits per heavy atom. The van der Waals surface area contributed by atoms with Crippen molar-refractivity contribution in [2.24, 2.45) is 0 Å². The number of fused-ring (bicyclic) bond motifs is 4. The molecule has 0 saturated carbocycles. The summed E-state index contributed by atoms with van der Waals surface area (Å²) in [5.41, 5.74) is 4.50. The van der Waals surface area contributed by atoms with E-state index >= 15 is 0 Å². The first kappa shape index (κ1) is 38.8. The topological polar surface area (TPSA) is 118 Å². The number of carbonyl (C=O) groups is 1. The highest BCUT2D eigenvalue weighted by molar-refractivity contribution is 6.23. The average molecular weight is 785 g/mol. The van der Waals surface area contributed by atoms with Gasteiger partial charge in [0.15, 0.2) is 5.78 Å². The van der Waals surface area contributed by atoms with Crippen molar-refractivity contribution in [1.82, 2.24) is 0 Å². The van der Waals surface area contributed by atoms with Crippen LogP contribution in [0.2, 0.25) is 0 Å². The van der Waals surface area contributed by atoms with E-state index in [1.54, 1.807) is 42.5 Å². The number of para-hydroxylation sites is 2. The van der Waals surface area contributed by atoms with E-state index in [0.717, 1.165) is 48.7 Å². The molecule has 5 N–H and O–H groups in total. The van der Waals surface area contributed by atoms with Gasteiger partial charge in [-0.3, -0.25) is 4.79 Å². The summed E-state index contributed by atoms with van der Waals surface area (Å²) >= 11 is 0. The molecule has 0 aliphatic carbocycles. The summed E-state index contributed by atoms with van der Waals surface area (Å²) in [5.74, 6) is 0.625. The zero-order chi connectivity index (χ0) is 41.8. The molecule has 6 heteroatoms. The number of aryl methyl sites for hydroxylation is 1.